The van der Waals surface area contributed by atoms with Gasteiger partial charge in [-0.15, -0.1) is 0 Å². The summed E-state index contributed by atoms with van der Waals surface area (Å²) < 4.78 is 0. The van der Waals surface area contributed by atoms with Crippen LogP contribution in [0.2, 0.25) is 0 Å². The van der Waals surface area contributed by atoms with E-state index in [0.29, 0.717) is 0 Å². The summed E-state index contributed by atoms with van der Waals surface area (Å²) in [5, 5.41) is 9.19. The summed E-state index contributed by atoms with van der Waals surface area (Å²) in [5.41, 5.74) is 0. The Morgan fingerprint density at radius 1 is 2.00 bits per heavy atom. The Morgan fingerprint density at radius 3 is 2.50 bits per heavy atom. The number of nitro groups is 1. The zero-order valence-electron chi connectivity index (χ0n) is 2.92. The van der Waals surface area contributed by atoms with Crippen LogP contribution in [0.15, 0.2) is 0 Å². The second kappa shape index (κ2) is 2.15. The lowest BCUT2D eigenvalue weighted by Gasteiger charge is -1.69. The van der Waals surface area contributed by atoms with Crippen molar-refractivity contribution in [2.75, 3.05) is 6.67 Å². The molecule has 0 N–H and O–H groups in total. The van der Waals surface area contributed by atoms with Gasteiger partial charge in [-0.1, -0.05) is 0 Å². The summed E-state index contributed by atoms with van der Waals surface area (Å²) in [5.74, 6) is 0. The largest absolute Gasteiger partial charge is 0.454 e. The van der Waals surface area contributed by atoms with Crippen molar-refractivity contribution >= 4 is 0 Å². The third-order valence-corrected chi connectivity index (χ3v) is 0.186. The first-order valence-electron chi connectivity index (χ1n) is 1.22. The van der Waals surface area contributed by atoms with Gasteiger partial charge in [0.25, 0.3) is 0 Å². The summed E-state index contributed by atoms with van der Waals surface area (Å²) >= 11 is 0. The van der Waals surface area contributed by atoms with E-state index in [1.807, 2.05) is 0 Å². The van der Waals surface area contributed by atoms with Crippen LogP contribution in [0, 0.1) is 16.7 Å². The van der Waals surface area contributed by atoms with E-state index in [2.05, 4.69) is 4.85 Å². The topological polar surface area (TPSA) is 47.5 Å². The summed E-state index contributed by atoms with van der Waals surface area (Å²) in [6.07, 6.45) is 0. The zero-order chi connectivity index (χ0) is 4.99. The highest BCUT2D eigenvalue weighted by molar-refractivity contribution is 4.42. The van der Waals surface area contributed by atoms with Crippen molar-refractivity contribution in [3.05, 3.63) is 21.5 Å². The number of rotatable bonds is 1. The number of hydrogen-bond donors (Lipinski definition) is 0. The molecule has 0 amide bonds. The standard InChI is InChI=1S/C2H2N2O2/c1-3-2-4(5)6/h2H2. The molecule has 0 heterocycles. The van der Waals surface area contributed by atoms with Crippen LogP contribution in [-0.2, 0) is 0 Å². The van der Waals surface area contributed by atoms with Crippen LogP contribution in [0.4, 0.5) is 0 Å². The Kier molecular flexibility index (Phi) is 1.75. The molecule has 6 heavy (non-hydrogen) atoms. The molecule has 0 aromatic carbocycles. The van der Waals surface area contributed by atoms with Crippen LogP contribution in [-0.4, -0.2) is 11.6 Å². The molecular formula is C2H2N2O2. The van der Waals surface area contributed by atoms with Gasteiger partial charge in [-0.25, -0.2) is 11.4 Å². The highest BCUT2D eigenvalue weighted by Gasteiger charge is 1.89. The normalized spacial score (nSPS) is 6.50. The molecule has 0 aliphatic heterocycles. The SMILES string of the molecule is [C-]#[N+]C[N+](=O)[O-]. The van der Waals surface area contributed by atoms with Gasteiger partial charge in [0.15, 0.2) is 0 Å². The smallest absolute Gasteiger partial charge is 0.258 e. The molecule has 0 unspecified atom stereocenters. The van der Waals surface area contributed by atoms with Crippen LogP contribution in [0.5, 0.6) is 0 Å². The van der Waals surface area contributed by atoms with Gasteiger partial charge in [-0.05, 0) is 0 Å². The summed E-state index contributed by atoms with van der Waals surface area (Å²) in [4.78, 5) is 11.0. The first kappa shape index (κ1) is 4.89. The minimum absolute atomic E-state index is 0.611. The highest BCUT2D eigenvalue weighted by atomic mass is 16.6. The van der Waals surface area contributed by atoms with Gasteiger partial charge in [0.1, 0.15) is 4.92 Å². The Balaban J connectivity index is 3.13. The molecule has 0 rings (SSSR count). The Hall–Kier alpha value is -1.11. The number of nitrogens with zero attached hydrogens (tertiary/aromatic N) is 2. The molecule has 0 radical (unpaired) electrons. The van der Waals surface area contributed by atoms with E-state index in [1.54, 1.807) is 0 Å². The quantitative estimate of drug-likeness (QED) is 0.259. The molecule has 0 aliphatic rings. The van der Waals surface area contributed by atoms with E-state index in [1.165, 1.54) is 0 Å². The lowest BCUT2D eigenvalue weighted by Crippen LogP contribution is -1.92. The maximum Gasteiger partial charge on any atom is 0.454 e. The van der Waals surface area contributed by atoms with Crippen LogP contribution >= 0.6 is 0 Å². The van der Waals surface area contributed by atoms with Crippen LogP contribution in [0.1, 0.15) is 0 Å². The van der Waals surface area contributed by atoms with E-state index in [9.17, 15) is 10.1 Å². The van der Waals surface area contributed by atoms with Crippen LogP contribution in [0.25, 0.3) is 4.85 Å². The second-order valence-electron chi connectivity index (χ2n) is 0.632. The fourth-order valence-electron chi connectivity index (χ4n) is 0.0577. The molecule has 0 aromatic rings. The third kappa shape index (κ3) is 2.89. The Morgan fingerprint density at radius 2 is 2.50 bits per heavy atom. The van der Waals surface area contributed by atoms with Gasteiger partial charge < -0.3 is 0 Å². The van der Waals surface area contributed by atoms with Crippen molar-refractivity contribution in [3.63, 3.8) is 0 Å². The summed E-state index contributed by atoms with van der Waals surface area (Å²) in [7, 11) is 0. The van der Waals surface area contributed by atoms with Gasteiger partial charge in [-0.3, -0.25) is 10.1 Å². The average molecular weight is 86.0 g/mol. The van der Waals surface area contributed by atoms with Gasteiger partial charge in [0.2, 0.25) is 0 Å². The average Bonchev–Trinajstić information content (AvgIpc) is 1.35. The van der Waals surface area contributed by atoms with Crippen LogP contribution < -0.4 is 0 Å². The van der Waals surface area contributed by atoms with Gasteiger partial charge >= 0.3 is 6.67 Å². The van der Waals surface area contributed by atoms with Crippen molar-refractivity contribution in [3.8, 4) is 0 Å². The Bertz CT molecular complexity index is 92.2. The first-order chi connectivity index (χ1) is 2.77. The molecular weight excluding hydrogens is 84.0 g/mol. The van der Waals surface area contributed by atoms with Crippen molar-refractivity contribution in [1.29, 1.82) is 0 Å². The van der Waals surface area contributed by atoms with E-state index in [-0.39, 0.29) is 0 Å². The lowest BCUT2D eigenvalue weighted by atomic mass is 11.2. The highest BCUT2D eigenvalue weighted by Crippen LogP contribution is 1.64. The molecule has 0 aliphatic carbocycles. The Labute approximate surface area is 34.4 Å². The lowest BCUT2D eigenvalue weighted by molar-refractivity contribution is -0.469. The molecule has 0 bridgehead atoms. The zero-order valence-corrected chi connectivity index (χ0v) is 2.92. The molecule has 4 heteroatoms. The fraction of sp³-hybridized carbons (Fsp3) is 0.500. The van der Waals surface area contributed by atoms with Gasteiger partial charge in [-0.2, -0.15) is 0 Å². The van der Waals surface area contributed by atoms with Crippen LogP contribution in [0.3, 0.4) is 0 Å². The third-order valence-electron chi connectivity index (χ3n) is 0.186. The van der Waals surface area contributed by atoms with Gasteiger partial charge in [0.05, 0.1) is 0 Å². The molecule has 0 spiro atoms. The maximum absolute atomic E-state index is 9.19. The van der Waals surface area contributed by atoms with E-state index in [4.69, 9.17) is 6.57 Å². The molecule has 4 nitrogen and oxygen atoms in total. The van der Waals surface area contributed by atoms with Crippen molar-refractivity contribution < 1.29 is 4.92 Å². The first-order valence-corrected chi connectivity index (χ1v) is 1.22. The van der Waals surface area contributed by atoms with Crippen molar-refractivity contribution in [2.45, 2.75) is 0 Å². The molecule has 0 saturated carbocycles. The predicted molar refractivity (Wildman–Crippen MR) is 18.5 cm³/mol. The molecule has 0 fully saturated rings. The predicted octanol–water partition coefficient (Wildman–Crippen LogP) is 0.140. The van der Waals surface area contributed by atoms with Crippen molar-refractivity contribution in [1.82, 2.24) is 0 Å². The fourth-order valence-corrected chi connectivity index (χ4v) is 0.0577. The minimum atomic E-state index is -0.674. The van der Waals surface area contributed by atoms with Crippen molar-refractivity contribution in [2.24, 2.45) is 0 Å². The summed E-state index contributed by atoms with van der Waals surface area (Å²) in [6, 6.07) is 0. The molecule has 32 valence electrons. The monoisotopic (exact) mass is 86.0 g/mol. The minimum Gasteiger partial charge on any atom is -0.258 e. The van der Waals surface area contributed by atoms with E-state index in [0.717, 1.165) is 0 Å². The number of hydrogen-bond acceptors (Lipinski definition) is 2. The van der Waals surface area contributed by atoms with E-state index >= 15 is 0 Å². The second-order valence-corrected chi connectivity index (χ2v) is 0.632. The van der Waals surface area contributed by atoms with Gasteiger partial charge in [0, 0.05) is 0 Å². The van der Waals surface area contributed by atoms with E-state index < -0.39 is 11.6 Å². The summed E-state index contributed by atoms with van der Waals surface area (Å²) in [6.45, 7) is 5.31. The maximum atomic E-state index is 9.19. The molecule has 0 aromatic heterocycles. The molecule has 0 saturated heterocycles. The molecule has 0 atom stereocenters.